The lowest BCUT2D eigenvalue weighted by Crippen LogP contribution is -2.21. The molecule has 0 fully saturated rings. The van der Waals surface area contributed by atoms with Crippen LogP contribution in [0.2, 0.25) is 0 Å². The molecule has 1 amide bonds. The number of halogens is 1. The van der Waals surface area contributed by atoms with Crippen LogP contribution in [0.3, 0.4) is 0 Å². The zero-order valence-electron chi connectivity index (χ0n) is 13.2. The number of carbonyl (C=O) groups excluding carboxylic acids is 2. The number of rotatable bonds is 6. The van der Waals surface area contributed by atoms with E-state index in [0.717, 1.165) is 4.90 Å². The Hall–Kier alpha value is -1.99. The first-order valence-electron chi connectivity index (χ1n) is 6.98. The molecule has 24 heavy (non-hydrogen) atoms. The number of esters is 1. The average molecular weight is 410 g/mol. The molecule has 0 unspecified atom stereocenters. The van der Waals surface area contributed by atoms with Crippen molar-refractivity contribution >= 4 is 45.3 Å². The third-order valence-electron chi connectivity index (χ3n) is 3.08. The van der Waals surface area contributed by atoms with Gasteiger partial charge in [0.05, 0.1) is 12.7 Å². The van der Waals surface area contributed by atoms with Crippen LogP contribution in [0.4, 0.5) is 5.69 Å². The number of thioether (sulfide) groups is 1. The quantitative estimate of drug-likeness (QED) is 0.577. The van der Waals surface area contributed by atoms with Gasteiger partial charge in [0.25, 0.3) is 5.91 Å². The van der Waals surface area contributed by atoms with Crippen LogP contribution in [0.25, 0.3) is 0 Å². The minimum atomic E-state index is -0.603. The molecule has 0 bridgehead atoms. The Morgan fingerprint density at radius 2 is 2.00 bits per heavy atom. The molecule has 0 saturated carbocycles. The van der Waals surface area contributed by atoms with E-state index in [1.54, 1.807) is 36.0 Å². The molecular weight excluding hydrogens is 394 g/mol. The van der Waals surface area contributed by atoms with Crippen LogP contribution in [-0.4, -0.2) is 31.8 Å². The van der Waals surface area contributed by atoms with Crippen LogP contribution < -0.4 is 10.1 Å². The molecule has 0 aliphatic heterocycles. The molecule has 0 saturated heterocycles. The number of methoxy groups -OCH3 is 1. The second-order valence-corrected chi connectivity index (χ2v) is 6.44. The second-order valence-electron chi connectivity index (χ2n) is 4.70. The summed E-state index contributed by atoms with van der Waals surface area (Å²) in [6.45, 7) is -0.369. The Bertz CT molecular complexity index is 751. The highest BCUT2D eigenvalue weighted by atomic mass is 79.9. The zero-order chi connectivity index (χ0) is 17.5. The van der Waals surface area contributed by atoms with Crippen molar-refractivity contribution in [2.24, 2.45) is 0 Å². The highest BCUT2D eigenvalue weighted by molar-refractivity contribution is 9.10. The third kappa shape index (κ3) is 5.01. The summed E-state index contributed by atoms with van der Waals surface area (Å²) in [7, 11) is 1.51. The molecule has 0 aliphatic rings. The monoisotopic (exact) mass is 409 g/mol. The van der Waals surface area contributed by atoms with Gasteiger partial charge in [0.15, 0.2) is 6.61 Å². The summed E-state index contributed by atoms with van der Waals surface area (Å²) < 4.78 is 10.7. The van der Waals surface area contributed by atoms with Crippen molar-refractivity contribution < 1.29 is 19.1 Å². The van der Waals surface area contributed by atoms with Crippen molar-refractivity contribution in [2.45, 2.75) is 4.90 Å². The number of amides is 1. The van der Waals surface area contributed by atoms with Crippen molar-refractivity contribution in [3.05, 3.63) is 52.5 Å². The number of anilines is 1. The molecule has 1 N–H and O–H groups in total. The van der Waals surface area contributed by atoms with Gasteiger partial charge in [0, 0.05) is 15.1 Å². The number of carbonyl (C=O) groups is 2. The lowest BCUT2D eigenvalue weighted by molar-refractivity contribution is -0.119. The van der Waals surface area contributed by atoms with Crippen LogP contribution in [0, 0.1) is 0 Å². The molecular formula is C17H16BrNO4S. The van der Waals surface area contributed by atoms with E-state index in [2.05, 4.69) is 21.2 Å². The van der Waals surface area contributed by atoms with Gasteiger partial charge in [0.1, 0.15) is 5.75 Å². The van der Waals surface area contributed by atoms with Crippen molar-refractivity contribution in [2.75, 3.05) is 25.3 Å². The average Bonchev–Trinajstić information content (AvgIpc) is 2.60. The Morgan fingerprint density at radius 1 is 1.21 bits per heavy atom. The predicted molar refractivity (Wildman–Crippen MR) is 97.8 cm³/mol. The van der Waals surface area contributed by atoms with Crippen molar-refractivity contribution in [1.82, 2.24) is 0 Å². The molecule has 0 atom stereocenters. The number of benzene rings is 2. The van der Waals surface area contributed by atoms with Gasteiger partial charge >= 0.3 is 5.97 Å². The Balaban J connectivity index is 1.94. The molecule has 2 rings (SSSR count). The number of ether oxygens (including phenoxy) is 2. The molecule has 0 spiro atoms. The summed E-state index contributed by atoms with van der Waals surface area (Å²) in [6.07, 6.45) is 1.95. The molecule has 2 aromatic rings. The van der Waals surface area contributed by atoms with Crippen molar-refractivity contribution in [3.63, 3.8) is 0 Å². The summed E-state index contributed by atoms with van der Waals surface area (Å²) in [5, 5.41) is 2.69. The maximum absolute atomic E-state index is 12.1. The van der Waals surface area contributed by atoms with Crippen molar-refractivity contribution in [1.29, 1.82) is 0 Å². The Labute approximate surface area is 152 Å². The first-order chi connectivity index (χ1) is 11.5. The molecule has 126 valence electrons. The minimum Gasteiger partial charge on any atom is -0.497 e. The van der Waals surface area contributed by atoms with Crippen LogP contribution in [-0.2, 0) is 9.53 Å². The normalized spacial score (nSPS) is 10.1. The van der Waals surface area contributed by atoms with E-state index in [9.17, 15) is 9.59 Å². The standard InChI is InChI=1S/C17H16BrNO4S/c1-22-12-6-7-15(18)14(9-12)17(21)23-10-16(20)19-11-4-3-5-13(8-11)24-2/h3-9H,10H2,1-2H3,(H,19,20). The van der Waals surface area contributed by atoms with Crippen molar-refractivity contribution in [3.8, 4) is 5.75 Å². The smallest absolute Gasteiger partial charge is 0.339 e. The van der Waals surface area contributed by atoms with E-state index in [1.165, 1.54) is 7.11 Å². The van der Waals surface area contributed by atoms with Gasteiger partial charge in [-0.1, -0.05) is 6.07 Å². The summed E-state index contributed by atoms with van der Waals surface area (Å²) in [6, 6.07) is 12.4. The molecule has 2 aromatic carbocycles. The molecule has 7 heteroatoms. The van der Waals surface area contributed by atoms with Gasteiger partial charge in [-0.15, -0.1) is 11.8 Å². The lowest BCUT2D eigenvalue weighted by Gasteiger charge is -2.09. The largest absolute Gasteiger partial charge is 0.497 e. The molecule has 0 aromatic heterocycles. The topological polar surface area (TPSA) is 64.6 Å². The maximum atomic E-state index is 12.1. The van der Waals surface area contributed by atoms with Gasteiger partial charge in [-0.2, -0.15) is 0 Å². The fourth-order valence-electron chi connectivity index (χ4n) is 1.89. The van der Waals surface area contributed by atoms with Crippen LogP contribution >= 0.6 is 27.7 Å². The van der Waals surface area contributed by atoms with E-state index in [1.807, 2.05) is 24.5 Å². The molecule has 0 heterocycles. The number of hydrogen-bond acceptors (Lipinski definition) is 5. The minimum absolute atomic E-state index is 0.298. The summed E-state index contributed by atoms with van der Waals surface area (Å²) >= 11 is 4.85. The van der Waals surface area contributed by atoms with E-state index in [4.69, 9.17) is 9.47 Å². The third-order valence-corrected chi connectivity index (χ3v) is 4.50. The summed E-state index contributed by atoms with van der Waals surface area (Å²) in [5.41, 5.74) is 0.956. The van der Waals surface area contributed by atoms with Crippen LogP contribution in [0.5, 0.6) is 5.75 Å². The van der Waals surface area contributed by atoms with E-state index in [0.29, 0.717) is 21.5 Å². The molecule has 0 aliphatic carbocycles. The van der Waals surface area contributed by atoms with Gasteiger partial charge in [0.2, 0.25) is 0 Å². The SMILES string of the molecule is COc1ccc(Br)c(C(=O)OCC(=O)Nc2cccc(SC)c2)c1. The van der Waals surface area contributed by atoms with Crippen LogP contribution in [0.15, 0.2) is 51.8 Å². The Kier molecular flexibility index (Phi) is 6.69. The number of nitrogens with one attached hydrogen (secondary N) is 1. The van der Waals surface area contributed by atoms with E-state index in [-0.39, 0.29) is 6.61 Å². The lowest BCUT2D eigenvalue weighted by atomic mass is 10.2. The fourth-order valence-corrected chi connectivity index (χ4v) is 2.76. The van der Waals surface area contributed by atoms with Gasteiger partial charge in [-0.05, 0) is 58.6 Å². The first-order valence-corrected chi connectivity index (χ1v) is 9.00. The van der Waals surface area contributed by atoms with Gasteiger partial charge in [-0.25, -0.2) is 4.79 Å². The predicted octanol–water partition coefficient (Wildman–Crippen LogP) is 3.98. The first kappa shape index (κ1) is 18.4. The van der Waals surface area contributed by atoms with E-state index >= 15 is 0 Å². The highest BCUT2D eigenvalue weighted by Gasteiger charge is 2.15. The summed E-state index contributed by atoms with van der Waals surface area (Å²) in [5.74, 6) is -0.474. The van der Waals surface area contributed by atoms with Crippen LogP contribution in [0.1, 0.15) is 10.4 Å². The molecule has 5 nitrogen and oxygen atoms in total. The summed E-state index contributed by atoms with van der Waals surface area (Å²) in [4.78, 5) is 25.1. The van der Waals surface area contributed by atoms with E-state index < -0.39 is 11.9 Å². The van der Waals surface area contributed by atoms with Gasteiger partial charge in [-0.3, -0.25) is 4.79 Å². The molecule has 0 radical (unpaired) electrons. The highest BCUT2D eigenvalue weighted by Crippen LogP contribution is 2.23. The number of hydrogen-bond donors (Lipinski definition) is 1. The zero-order valence-corrected chi connectivity index (χ0v) is 15.6. The maximum Gasteiger partial charge on any atom is 0.339 e. The second kappa shape index (κ2) is 8.75. The Morgan fingerprint density at radius 3 is 2.71 bits per heavy atom. The fraction of sp³-hybridized carbons (Fsp3) is 0.176. The van der Waals surface area contributed by atoms with Gasteiger partial charge < -0.3 is 14.8 Å².